The summed E-state index contributed by atoms with van der Waals surface area (Å²) in [5.41, 5.74) is 3.17. The minimum Gasteiger partial charge on any atom is -0.357 e. The first-order valence-corrected chi connectivity index (χ1v) is 10.4. The SMILES string of the molecule is CCNC(=NCC1(c2ccccc2C)CC1)NC1CCN(C(C)C)CC1.I. The average molecular weight is 484 g/mol. The molecule has 2 fully saturated rings. The fourth-order valence-electron chi connectivity index (χ4n) is 4.14. The molecule has 0 radical (unpaired) electrons. The van der Waals surface area contributed by atoms with E-state index in [0.717, 1.165) is 19.0 Å². The minimum absolute atomic E-state index is 0. The van der Waals surface area contributed by atoms with Crippen LogP contribution < -0.4 is 10.6 Å². The highest BCUT2D eigenvalue weighted by Crippen LogP contribution is 2.49. The molecular weight excluding hydrogens is 447 g/mol. The molecule has 5 heteroatoms. The fourth-order valence-corrected chi connectivity index (χ4v) is 4.14. The zero-order valence-corrected chi connectivity index (χ0v) is 19.8. The van der Waals surface area contributed by atoms with Gasteiger partial charge in [-0.1, -0.05) is 24.3 Å². The van der Waals surface area contributed by atoms with Gasteiger partial charge in [0, 0.05) is 37.1 Å². The predicted molar refractivity (Wildman–Crippen MR) is 126 cm³/mol. The number of benzene rings is 1. The maximum Gasteiger partial charge on any atom is 0.191 e. The number of aryl methyl sites for hydroxylation is 1. The number of aliphatic imine (C=N–C) groups is 1. The summed E-state index contributed by atoms with van der Waals surface area (Å²) in [5, 5.41) is 7.15. The standard InChI is InChI=1S/C22H36N4.HI/c1-5-23-21(25-19-10-14-26(15-11-19)17(2)3)24-16-22(12-13-22)20-9-7-6-8-18(20)4;/h6-9,17,19H,5,10-16H2,1-4H3,(H2,23,24,25);1H. The molecule has 0 spiro atoms. The highest BCUT2D eigenvalue weighted by atomic mass is 127. The smallest absolute Gasteiger partial charge is 0.191 e. The summed E-state index contributed by atoms with van der Waals surface area (Å²) in [5.74, 6) is 0.996. The molecule has 0 aromatic heterocycles. The van der Waals surface area contributed by atoms with Crippen molar-refractivity contribution >= 4 is 29.9 Å². The molecule has 2 aliphatic rings. The van der Waals surface area contributed by atoms with Gasteiger partial charge in [-0.2, -0.15) is 0 Å². The third-order valence-electron chi connectivity index (χ3n) is 6.05. The molecule has 1 aromatic rings. The number of hydrogen-bond donors (Lipinski definition) is 2. The topological polar surface area (TPSA) is 39.7 Å². The van der Waals surface area contributed by atoms with Crippen LogP contribution in [0.3, 0.4) is 0 Å². The lowest BCUT2D eigenvalue weighted by Crippen LogP contribution is -2.50. The van der Waals surface area contributed by atoms with E-state index in [1.165, 1.54) is 49.9 Å². The molecule has 0 unspecified atom stereocenters. The van der Waals surface area contributed by atoms with E-state index in [2.05, 4.69) is 67.5 Å². The van der Waals surface area contributed by atoms with Crippen molar-refractivity contribution in [3.8, 4) is 0 Å². The molecule has 1 aromatic carbocycles. The zero-order valence-electron chi connectivity index (χ0n) is 17.4. The van der Waals surface area contributed by atoms with Crippen molar-refractivity contribution in [2.75, 3.05) is 26.2 Å². The number of rotatable bonds is 6. The van der Waals surface area contributed by atoms with Gasteiger partial charge in [0.2, 0.25) is 0 Å². The van der Waals surface area contributed by atoms with E-state index >= 15 is 0 Å². The molecule has 1 aliphatic heterocycles. The quantitative estimate of drug-likeness (QED) is 0.363. The maximum atomic E-state index is 4.99. The molecular formula is C22H37IN4. The van der Waals surface area contributed by atoms with Crippen molar-refractivity contribution in [3.05, 3.63) is 35.4 Å². The number of piperidine rings is 1. The third-order valence-corrected chi connectivity index (χ3v) is 6.05. The van der Waals surface area contributed by atoms with E-state index in [9.17, 15) is 0 Å². The Morgan fingerprint density at radius 3 is 2.44 bits per heavy atom. The molecule has 0 atom stereocenters. The Kier molecular flexibility index (Phi) is 8.40. The van der Waals surface area contributed by atoms with Crippen LogP contribution in [0.25, 0.3) is 0 Å². The Labute approximate surface area is 182 Å². The van der Waals surface area contributed by atoms with Gasteiger partial charge in [0.1, 0.15) is 0 Å². The second kappa shape index (κ2) is 10.1. The molecule has 4 nitrogen and oxygen atoms in total. The van der Waals surface area contributed by atoms with Gasteiger partial charge in [0.25, 0.3) is 0 Å². The molecule has 1 saturated carbocycles. The first kappa shape index (κ1) is 22.5. The van der Waals surface area contributed by atoms with Gasteiger partial charge in [0.05, 0.1) is 6.54 Å². The Hall–Kier alpha value is -0.820. The lowest BCUT2D eigenvalue weighted by molar-refractivity contribution is 0.167. The summed E-state index contributed by atoms with van der Waals surface area (Å²) >= 11 is 0. The van der Waals surface area contributed by atoms with Gasteiger partial charge >= 0.3 is 0 Å². The highest BCUT2D eigenvalue weighted by molar-refractivity contribution is 14.0. The number of guanidine groups is 1. The molecule has 27 heavy (non-hydrogen) atoms. The van der Waals surface area contributed by atoms with E-state index in [1.807, 2.05) is 0 Å². The lowest BCUT2D eigenvalue weighted by atomic mass is 9.92. The van der Waals surface area contributed by atoms with E-state index in [-0.39, 0.29) is 29.4 Å². The first-order valence-electron chi connectivity index (χ1n) is 10.4. The second-order valence-corrected chi connectivity index (χ2v) is 8.34. The molecule has 3 rings (SSSR count). The first-order chi connectivity index (χ1) is 12.5. The van der Waals surface area contributed by atoms with Gasteiger partial charge in [-0.15, -0.1) is 24.0 Å². The Morgan fingerprint density at radius 2 is 1.89 bits per heavy atom. The highest BCUT2D eigenvalue weighted by Gasteiger charge is 2.44. The Morgan fingerprint density at radius 1 is 1.22 bits per heavy atom. The summed E-state index contributed by atoms with van der Waals surface area (Å²) in [6.07, 6.45) is 4.91. The van der Waals surface area contributed by atoms with Crippen LogP contribution in [0, 0.1) is 6.92 Å². The van der Waals surface area contributed by atoms with Gasteiger partial charge < -0.3 is 15.5 Å². The normalized spacial score (nSPS) is 20.3. The number of hydrogen-bond acceptors (Lipinski definition) is 2. The van der Waals surface area contributed by atoms with Crippen LogP contribution >= 0.6 is 24.0 Å². The molecule has 2 N–H and O–H groups in total. The minimum atomic E-state index is 0. The summed E-state index contributed by atoms with van der Waals surface area (Å²) in [4.78, 5) is 7.56. The van der Waals surface area contributed by atoms with Gasteiger partial charge in [-0.05, 0) is 64.5 Å². The lowest BCUT2D eigenvalue weighted by Gasteiger charge is -2.35. The summed E-state index contributed by atoms with van der Waals surface area (Å²) in [6, 6.07) is 10.0. The molecule has 1 heterocycles. The van der Waals surface area contributed by atoms with Crippen molar-refractivity contribution in [1.82, 2.24) is 15.5 Å². The van der Waals surface area contributed by atoms with E-state index in [1.54, 1.807) is 0 Å². The summed E-state index contributed by atoms with van der Waals surface area (Å²) < 4.78 is 0. The number of likely N-dealkylation sites (tertiary alicyclic amines) is 1. The zero-order chi connectivity index (χ0) is 18.6. The van der Waals surface area contributed by atoms with Crippen LogP contribution in [0.5, 0.6) is 0 Å². The number of nitrogens with one attached hydrogen (secondary N) is 2. The Balaban J connectivity index is 0.00000261. The van der Waals surface area contributed by atoms with E-state index in [0.29, 0.717) is 12.1 Å². The molecule has 152 valence electrons. The predicted octanol–water partition coefficient (Wildman–Crippen LogP) is 4.07. The van der Waals surface area contributed by atoms with Crippen molar-refractivity contribution in [2.45, 2.75) is 70.9 Å². The largest absolute Gasteiger partial charge is 0.357 e. The molecule has 1 aliphatic carbocycles. The van der Waals surface area contributed by atoms with Crippen LogP contribution in [-0.4, -0.2) is 49.1 Å². The van der Waals surface area contributed by atoms with Crippen molar-refractivity contribution in [2.24, 2.45) is 4.99 Å². The summed E-state index contributed by atoms with van der Waals surface area (Å²) in [6.45, 7) is 13.1. The number of halogens is 1. The molecule has 0 amide bonds. The number of nitrogens with zero attached hydrogens (tertiary/aromatic N) is 2. The van der Waals surface area contributed by atoms with Crippen LogP contribution in [0.4, 0.5) is 0 Å². The monoisotopic (exact) mass is 484 g/mol. The van der Waals surface area contributed by atoms with Crippen molar-refractivity contribution in [1.29, 1.82) is 0 Å². The van der Waals surface area contributed by atoms with E-state index in [4.69, 9.17) is 4.99 Å². The maximum absolute atomic E-state index is 4.99. The van der Waals surface area contributed by atoms with Crippen molar-refractivity contribution < 1.29 is 0 Å². The van der Waals surface area contributed by atoms with Crippen LogP contribution in [0.15, 0.2) is 29.3 Å². The second-order valence-electron chi connectivity index (χ2n) is 8.34. The van der Waals surface area contributed by atoms with Crippen LogP contribution in [-0.2, 0) is 5.41 Å². The van der Waals surface area contributed by atoms with E-state index < -0.39 is 0 Å². The third kappa shape index (κ3) is 5.83. The van der Waals surface area contributed by atoms with Crippen molar-refractivity contribution in [3.63, 3.8) is 0 Å². The Bertz CT molecular complexity index is 616. The van der Waals surface area contributed by atoms with Crippen LogP contribution in [0.2, 0.25) is 0 Å². The molecule has 0 bridgehead atoms. The average Bonchev–Trinajstić information content (AvgIpc) is 3.42. The fraction of sp³-hybridized carbons (Fsp3) is 0.682. The summed E-state index contributed by atoms with van der Waals surface area (Å²) in [7, 11) is 0. The van der Waals surface area contributed by atoms with Gasteiger partial charge in [-0.25, -0.2) is 0 Å². The van der Waals surface area contributed by atoms with Gasteiger partial charge in [0.15, 0.2) is 5.96 Å². The van der Waals surface area contributed by atoms with Crippen LogP contribution in [0.1, 0.15) is 57.6 Å². The van der Waals surface area contributed by atoms with Gasteiger partial charge in [-0.3, -0.25) is 4.99 Å². The molecule has 1 saturated heterocycles.